The number of carbonyl (C=O) groups excluding carboxylic acids is 1. The Kier molecular flexibility index (Phi) is 3.66. The normalized spacial score (nSPS) is 10.6. The van der Waals surface area contributed by atoms with Crippen molar-refractivity contribution in [2.24, 2.45) is 0 Å². The molecule has 0 aliphatic carbocycles. The summed E-state index contributed by atoms with van der Waals surface area (Å²) in [5.74, 6) is 0.574. The number of aromatic nitrogens is 1. The fraction of sp³-hybridized carbons (Fsp3) is 0.0625. The van der Waals surface area contributed by atoms with Gasteiger partial charge in [-0.25, -0.2) is 0 Å². The van der Waals surface area contributed by atoms with E-state index in [9.17, 15) is 4.79 Å². The van der Waals surface area contributed by atoms with E-state index in [1.54, 1.807) is 25.4 Å². The Morgan fingerprint density at radius 3 is 2.81 bits per heavy atom. The molecule has 0 aliphatic heterocycles. The zero-order valence-electron chi connectivity index (χ0n) is 11.3. The number of halogens is 1. The van der Waals surface area contributed by atoms with Gasteiger partial charge in [0.25, 0.3) is 5.91 Å². The van der Waals surface area contributed by atoms with Gasteiger partial charge in [0.2, 0.25) is 0 Å². The van der Waals surface area contributed by atoms with Crippen LogP contribution in [0.1, 0.15) is 10.4 Å². The number of methoxy groups -OCH3 is 1. The lowest BCUT2D eigenvalue weighted by Gasteiger charge is -2.07. The molecule has 0 saturated carbocycles. The van der Waals surface area contributed by atoms with Gasteiger partial charge < -0.3 is 15.0 Å². The highest BCUT2D eigenvalue weighted by atomic mass is 79.9. The standard InChI is InChI=1S/C16H13BrN2O2/c1-21-15-7-6-10(8-13(15)17)19-16(20)12-9-18-14-5-3-2-4-11(12)14/h2-9,18H,1H3,(H,19,20). The summed E-state index contributed by atoms with van der Waals surface area (Å²) < 4.78 is 5.96. The summed E-state index contributed by atoms with van der Waals surface area (Å²) in [6, 6.07) is 13.1. The lowest BCUT2D eigenvalue weighted by molar-refractivity contribution is 0.102. The number of carbonyl (C=O) groups is 1. The Hall–Kier alpha value is -2.27. The van der Waals surface area contributed by atoms with Crippen LogP contribution >= 0.6 is 15.9 Å². The van der Waals surface area contributed by atoms with Gasteiger partial charge in [0, 0.05) is 22.8 Å². The number of anilines is 1. The average Bonchev–Trinajstić information content (AvgIpc) is 2.91. The second-order valence-corrected chi connectivity index (χ2v) is 5.41. The van der Waals surface area contributed by atoms with Gasteiger partial charge in [-0.2, -0.15) is 0 Å². The molecule has 4 nitrogen and oxygen atoms in total. The van der Waals surface area contributed by atoms with E-state index in [2.05, 4.69) is 26.2 Å². The third-order valence-electron chi connectivity index (χ3n) is 3.24. The predicted molar refractivity (Wildman–Crippen MR) is 86.9 cm³/mol. The number of para-hydroxylation sites is 1. The van der Waals surface area contributed by atoms with E-state index in [0.717, 1.165) is 21.1 Å². The van der Waals surface area contributed by atoms with Crippen LogP contribution in [0.25, 0.3) is 10.9 Å². The molecule has 1 amide bonds. The summed E-state index contributed by atoms with van der Waals surface area (Å²) in [4.78, 5) is 15.5. The molecule has 2 N–H and O–H groups in total. The van der Waals surface area contributed by atoms with Gasteiger partial charge >= 0.3 is 0 Å². The monoisotopic (exact) mass is 344 g/mol. The Balaban J connectivity index is 1.88. The number of hydrogen-bond donors (Lipinski definition) is 2. The molecule has 106 valence electrons. The van der Waals surface area contributed by atoms with Gasteiger partial charge in [-0.1, -0.05) is 18.2 Å². The molecule has 2 aromatic carbocycles. The van der Waals surface area contributed by atoms with Crippen molar-refractivity contribution in [1.82, 2.24) is 4.98 Å². The molecule has 3 rings (SSSR count). The van der Waals surface area contributed by atoms with Gasteiger partial charge in [-0.3, -0.25) is 4.79 Å². The zero-order valence-corrected chi connectivity index (χ0v) is 12.9. The molecule has 3 aromatic rings. The Morgan fingerprint density at radius 1 is 1.24 bits per heavy atom. The second kappa shape index (κ2) is 5.61. The van der Waals surface area contributed by atoms with Crippen molar-refractivity contribution < 1.29 is 9.53 Å². The van der Waals surface area contributed by atoms with E-state index in [0.29, 0.717) is 11.3 Å². The minimum Gasteiger partial charge on any atom is -0.496 e. The molecule has 0 radical (unpaired) electrons. The van der Waals surface area contributed by atoms with Crippen molar-refractivity contribution in [2.75, 3.05) is 12.4 Å². The third-order valence-corrected chi connectivity index (χ3v) is 3.86. The largest absolute Gasteiger partial charge is 0.496 e. The molecule has 0 bridgehead atoms. The van der Waals surface area contributed by atoms with E-state index in [-0.39, 0.29) is 5.91 Å². The summed E-state index contributed by atoms with van der Waals surface area (Å²) in [5, 5.41) is 3.79. The Labute approximate surface area is 130 Å². The smallest absolute Gasteiger partial charge is 0.257 e. The number of aromatic amines is 1. The molecule has 0 atom stereocenters. The number of nitrogens with one attached hydrogen (secondary N) is 2. The number of hydrogen-bond acceptors (Lipinski definition) is 2. The van der Waals surface area contributed by atoms with E-state index < -0.39 is 0 Å². The van der Waals surface area contributed by atoms with Gasteiger partial charge in [0.05, 0.1) is 17.1 Å². The molecule has 5 heteroatoms. The van der Waals surface area contributed by atoms with E-state index in [4.69, 9.17) is 4.74 Å². The molecule has 0 aliphatic rings. The van der Waals surface area contributed by atoms with Crippen molar-refractivity contribution in [1.29, 1.82) is 0 Å². The summed E-state index contributed by atoms with van der Waals surface area (Å²) in [6.45, 7) is 0. The van der Waals surface area contributed by atoms with E-state index in [1.165, 1.54) is 0 Å². The van der Waals surface area contributed by atoms with Gasteiger partial charge in [0.15, 0.2) is 0 Å². The van der Waals surface area contributed by atoms with Crippen molar-refractivity contribution in [3.05, 3.63) is 58.7 Å². The number of rotatable bonds is 3. The maximum atomic E-state index is 12.4. The van der Waals surface area contributed by atoms with Crippen LogP contribution in [0.15, 0.2) is 53.1 Å². The van der Waals surface area contributed by atoms with Gasteiger partial charge in [-0.15, -0.1) is 0 Å². The number of benzene rings is 2. The van der Waals surface area contributed by atoms with Gasteiger partial charge in [-0.05, 0) is 40.2 Å². The number of H-pyrrole nitrogens is 1. The molecule has 21 heavy (non-hydrogen) atoms. The topological polar surface area (TPSA) is 54.1 Å². The van der Waals surface area contributed by atoms with Crippen molar-refractivity contribution >= 4 is 38.4 Å². The quantitative estimate of drug-likeness (QED) is 0.748. The van der Waals surface area contributed by atoms with Crippen LogP contribution < -0.4 is 10.1 Å². The number of ether oxygens (including phenoxy) is 1. The molecule has 0 saturated heterocycles. The minimum atomic E-state index is -0.149. The predicted octanol–water partition coefficient (Wildman–Crippen LogP) is 4.19. The lowest BCUT2D eigenvalue weighted by Crippen LogP contribution is -2.11. The third kappa shape index (κ3) is 2.64. The van der Waals surface area contributed by atoms with Crippen LogP contribution in [0, 0.1) is 0 Å². The van der Waals surface area contributed by atoms with Gasteiger partial charge in [0.1, 0.15) is 5.75 Å². The van der Waals surface area contributed by atoms with Crippen LogP contribution in [0.3, 0.4) is 0 Å². The highest BCUT2D eigenvalue weighted by Gasteiger charge is 2.12. The van der Waals surface area contributed by atoms with E-state index >= 15 is 0 Å². The molecule has 1 aromatic heterocycles. The summed E-state index contributed by atoms with van der Waals surface area (Å²) in [7, 11) is 1.60. The number of amides is 1. The Bertz CT molecular complexity index is 811. The molecule has 0 fully saturated rings. The first-order chi connectivity index (χ1) is 10.2. The van der Waals surface area contributed by atoms with Crippen LogP contribution in [-0.2, 0) is 0 Å². The first kappa shape index (κ1) is 13.7. The zero-order chi connectivity index (χ0) is 14.8. The second-order valence-electron chi connectivity index (χ2n) is 4.55. The fourth-order valence-corrected chi connectivity index (χ4v) is 2.74. The molecule has 0 spiro atoms. The molecular formula is C16H13BrN2O2. The molecular weight excluding hydrogens is 332 g/mol. The lowest BCUT2D eigenvalue weighted by atomic mass is 10.1. The van der Waals surface area contributed by atoms with Crippen LogP contribution in [0.2, 0.25) is 0 Å². The number of fused-ring (bicyclic) bond motifs is 1. The SMILES string of the molecule is COc1ccc(NC(=O)c2c[nH]c3ccccc23)cc1Br. The van der Waals surface area contributed by atoms with Crippen LogP contribution in [-0.4, -0.2) is 18.0 Å². The summed E-state index contributed by atoms with van der Waals surface area (Å²) >= 11 is 3.40. The molecule has 1 heterocycles. The van der Waals surface area contributed by atoms with Crippen molar-refractivity contribution in [2.45, 2.75) is 0 Å². The first-order valence-corrected chi connectivity index (χ1v) is 7.19. The average molecular weight is 345 g/mol. The first-order valence-electron chi connectivity index (χ1n) is 6.40. The summed E-state index contributed by atoms with van der Waals surface area (Å²) in [6.07, 6.45) is 1.72. The van der Waals surface area contributed by atoms with E-state index in [1.807, 2.05) is 30.3 Å². The van der Waals surface area contributed by atoms with Crippen LogP contribution in [0.5, 0.6) is 5.75 Å². The summed E-state index contributed by atoms with van der Waals surface area (Å²) in [5.41, 5.74) is 2.27. The minimum absolute atomic E-state index is 0.149. The Morgan fingerprint density at radius 2 is 2.05 bits per heavy atom. The maximum absolute atomic E-state index is 12.4. The fourth-order valence-electron chi connectivity index (χ4n) is 2.20. The van der Waals surface area contributed by atoms with Crippen molar-refractivity contribution in [3.8, 4) is 5.75 Å². The van der Waals surface area contributed by atoms with Crippen molar-refractivity contribution in [3.63, 3.8) is 0 Å². The maximum Gasteiger partial charge on any atom is 0.257 e. The van der Waals surface area contributed by atoms with Crippen LogP contribution in [0.4, 0.5) is 5.69 Å². The molecule has 0 unspecified atom stereocenters. The highest BCUT2D eigenvalue weighted by Crippen LogP contribution is 2.28. The highest BCUT2D eigenvalue weighted by molar-refractivity contribution is 9.10.